The summed E-state index contributed by atoms with van der Waals surface area (Å²) in [6, 6.07) is 8.08. The largest absolute Gasteiger partial charge is 0.481 e. The average Bonchev–Trinajstić information content (AvgIpc) is 2.70. The number of aromatic nitrogens is 2. The van der Waals surface area contributed by atoms with Crippen LogP contribution < -0.4 is 0 Å². The summed E-state index contributed by atoms with van der Waals surface area (Å²) in [5.74, 6) is 6.73. The number of carbonyl (C=O) groups is 1. The molecule has 4 nitrogen and oxygen atoms in total. The molecular weight excluding hydrogens is 392 g/mol. The van der Waals surface area contributed by atoms with Gasteiger partial charge in [-0.15, -0.1) is 16.9 Å². The number of benzene rings is 1. The van der Waals surface area contributed by atoms with E-state index in [0.29, 0.717) is 11.4 Å². The number of hydrogen-bond acceptors (Lipinski definition) is 4. The number of aryl methyl sites for hydroxylation is 1. The van der Waals surface area contributed by atoms with Gasteiger partial charge >= 0.3 is 5.97 Å². The fourth-order valence-corrected chi connectivity index (χ4v) is 5.24. The Morgan fingerprint density at radius 3 is 2.70 bits per heavy atom. The fraction of sp³-hybridized carbons (Fsp3) is 0.480. The maximum atomic E-state index is 10.8. The highest BCUT2D eigenvalue weighted by molar-refractivity contribution is 7.99. The lowest BCUT2D eigenvalue weighted by atomic mass is 9.80. The van der Waals surface area contributed by atoms with Crippen molar-refractivity contribution in [1.29, 1.82) is 0 Å². The van der Waals surface area contributed by atoms with Crippen molar-refractivity contribution in [3.63, 3.8) is 0 Å². The van der Waals surface area contributed by atoms with Crippen LogP contribution in [0.1, 0.15) is 81.0 Å². The Morgan fingerprint density at radius 1 is 1.17 bits per heavy atom. The molecule has 30 heavy (non-hydrogen) atoms. The van der Waals surface area contributed by atoms with Gasteiger partial charge in [-0.1, -0.05) is 46.0 Å². The highest BCUT2D eigenvalue weighted by atomic mass is 32.2. The van der Waals surface area contributed by atoms with Crippen LogP contribution in [-0.4, -0.2) is 27.0 Å². The fourth-order valence-electron chi connectivity index (χ4n) is 3.69. The summed E-state index contributed by atoms with van der Waals surface area (Å²) in [5.41, 5.74) is 4.96. The van der Waals surface area contributed by atoms with Gasteiger partial charge in [-0.25, -0.2) is 0 Å². The Hall–Kier alpha value is -2.32. The van der Waals surface area contributed by atoms with Gasteiger partial charge < -0.3 is 5.11 Å². The van der Waals surface area contributed by atoms with Gasteiger partial charge in [-0.05, 0) is 71.7 Å². The van der Waals surface area contributed by atoms with Crippen LogP contribution in [0.4, 0.5) is 0 Å². The molecule has 3 rings (SSSR count). The normalized spacial score (nSPS) is 14.5. The third kappa shape index (κ3) is 5.86. The van der Waals surface area contributed by atoms with Crippen molar-refractivity contribution in [3.05, 3.63) is 52.3 Å². The predicted molar refractivity (Wildman–Crippen MR) is 122 cm³/mol. The van der Waals surface area contributed by atoms with Gasteiger partial charge in [-0.2, -0.15) is 5.10 Å². The zero-order chi connectivity index (χ0) is 21.6. The van der Waals surface area contributed by atoms with Crippen molar-refractivity contribution in [2.24, 2.45) is 0 Å². The number of carboxylic acid groups (broad SMARTS) is 1. The summed E-state index contributed by atoms with van der Waals surface area (Å²) in [5, 5.41) is 16.9. The van der Waals surface area contributed by atoms with Crippen LogP contribution >= 0.6 is 11.8 Å². The Balaban J connectivity index is 1.90. The molecule has 0 saturated carbocycles. The summed E-state index contributed by atoms with van der Waals surface area (Å²) < 4.78 is 0. The minimum atomic E-state index is -0.912. The topological polar surface area (TPSA) is 63.1 Å². The van der Waals surface area contributed by atoms with E-state index in [9.17, 15) is 4.79 Å². The molecule has 0 unspecified atom stereocenters. The molecule has 1 aromatic heterocycles. The first-order chi connectivity index (χ1) is 14.4. The Labute approximate surface area is 183 Å². The molecule has 1 aliphatic heterocycles. The second kappa shape index (κ2) is 10.1. The van der Waals surface area contributed by atoms with E-state index in [1.165, 1.54) is 53.9 Å². The highest BCUT2D eigenvalue weighted by Gasteiger charge is 2.28. The molecule has 0 amide bonds. The number of thioether (sulfide) groups is 1. The molecule has 2 aromatic rings. The molecule has 0 atom stereocenters. The van der Waals surface area contributed by atoms with Gasteiger partial charge in [0.1, 0.15) is 5.69 Å². The summed E-state index contributed by atoms with van der Waals surface area (Å²) in [6.07, 6.45) is 7.02. The van der Waals surface area contributed by atoms with Gasteiger partial charge in [-0.3, -0.25) is 4.79 Å². The smallest absolute Gasteiger partial charge is 0.309 e. The van der Waals surface area contributed by atoms with E-state index in [1.807, 2.05) is 11.8 Å². The standard InChI is InChI=1S/C25H30N2O2S/c1-4-5-6-7-8-18-16-23-22(25(2,3)13-14-30-23)15-19(18)9-10-20-11-12-21(27-26-20)17-24(28)29/h11-12,15-16H,4-8,13-14,17H2,1-3H3,(H,28,29). The number of aliphatic carboxylic acids is 1. The summed E-state index contributed by atoms with van der Waals surface area (Å²) in [7, 11) is 0. The maximum absolute atomic E-state index is 10.8. The first-order valence-corrected chi connectivity index (χ1v) is 11.7. The molecule has 0 fully saturated rings. The van der Waals surface area contributed by atoms with E-state index in [0.717, 1.165) is 12.0 Å². The van der Waals surface area contributed by atoms with E-state index in [4.69, 9.17) is 5.11 Å². The molecule has 0 aliphatic carbocycles. The zero-order valence-corrected chi connectivity index (χ0v) is 18.9. The van der Waals surface area contributed by atoms with Crippen LogP contribution in [0.15, 0.2) is 29.2 Å². The van der Waals surface area contributed by atoms with Crippen molar-refractivity contribution >= 4 is 17.7 Å². The number of carboxylic acids is 1. The molecule has 0 bridgehead atoms. The van der Waals surface area contributed by atoms with Crippen LogP contribution in [0.3, 0.4) is 0 Å². The highest BCUT2D eigenvalue weighted by Crippen LogP contribution is 2.42. The van der Waals surface area contributed by atoms with E-state index >= 15 is 0 Å². The predicted octanol–water partition coefficient (Wildman–Crippen LogP) is 5.40. The maximum Gasteiger partial charge on any atom is 0.309 e. The minimum Gasteiger partial charge on any atom is -0.481 e. The first-order valence-electron chi connectivity index (χ1n) is 10.8. The number of unbranched alkanes of at least 4 members (excludes halogenated alkanes) is 3. The molecule has 2 heterocycles. The minimum absolute atomic E-state index is 0.125. The molecule has 0 radical (unpaired) electrons. The third-order valence-corrected chi connectivity index (χ3v) is 6.65. The molecular formula is C25H30N2O2S. The number of hydrogen-bond donors (Lipinski definition) is 1. The van der Waals surface area contributed by atoms with Crippen LogP contribution in [0.2, 0.25) is 0 Å². The van der Waals surface area contributed by atoms with E-state index in [1.54, 1.807) is 12.1 Å². The van der Waals surface area contributed by atoms with Crippen LogP contribution in [-0.2, 0) is 23.1 Å². The SMILES string of the molecule is CCCCCCc1cc2c(cc1C#Cc1ccc(CC(=O)O)nn1)C(C)(C)CCS2. The monoisotopic (exact) mass is 422 g/mol. The van der Waals surface area contributed by atoms with Gasteiger partial charge in [0.25, 0.3) is 0 Å². The lowest BCUT2D eigenvalue weighted by molar-refractivity contribution is -0.136. The number of nitrogens with zero attached hydrogens (tertiary/aromatic N) is 2. The number of fused-ring (bicyclic) bond motifs is 1. The van der Waals surface area contributed by atoms with Gasteiger partial charge in [0.05, 0.1) is 12.1 Å². The van der Waals surface area contributed by atoms with E-state index < -0.39 is 5.97 Å². The number of rotatable bonds is 7. The van der Waals surface area contributed by atoms with Crippen LogP contribution in [0.5, 0.6) is 0 Å². The molecule has 158 valence electrons. The Morgan fingerprint density at radius 2 is 2.00 bits per heavy atom. The van der Waals surface area contributed by atoms with Crippen molar-refractivity contribution in [2.75, 3.05) is 5.75 Å². The molecule has 0 spiro atoms. The molecule has 1 aliphatic rings. The van der Waals surface area contributed by atoms with Crippen molar-refractivity contribution in [2.45, 2.75) is 76.0 Å². The van der Waals surface area contributed by atoms with Crippen LogP contribution in [0, 0.1) is 11.8 Å². The molecule has 1 N–H and O–H groups in total. The van der Waals surface area contributed by atoms with Crippen molar-refractivity contribution in [3.8, 4) is 11.8 Å². The van der Waals surface area contributed by atoms with Crippen LogP contribution in [0.25, 0.3) is 0 Å². The molecule has 0 saturated heterocycles. The first kappa shape index (κ1) is 22.4. The summed E-state index contributed by atoms with van der Waals surface area (Å²) in [6.45, 7) is 6.87. The Kier molecular flexibility index (Phi) is 7.55. The summed E-state index contributed by atoms with van der Waals surface area (Å²) >= 11 is 1.96. The van der Waals surface area contributed by atoms with E-state index in [2.05, 4.69) is 54.9 Å². The molecule has 1 aromatic carbocycles. The Bertz CT molecular complexity index is 956. The van der Waals surface area contributed by atoms with Crippen molar-refractivity contribution in [1.82, 2.24) is 10.2 Å². The lowest BCUT2D eigenvalue weighted by Crippen LogP contribution is -2.23. The van der Waals surface area contributed by atoms with Crippen molar-refractivity contribution < 1.29 is 9.90 Å². The molecule has 5 heteroatoms. The zero-order valence-electron chi connectivity index (χ0n) is 18.1. The average molecular weight is 423 g/mol. The van der Waals surface area contributed by atoms with Gasteiger partial charge in [0, 0.05) is 10.5 Å². The quantitative estimate of drug-likeness (QED) is 0.478. The van der Waals surface area contributed by atoms with Gasteiger partial charge in [0.2, 0.25) is 0 Å². The second-order valence-corrected chi connectivity index (χ2v) is 9.67. The summed E-state index contributed by atoms with van der Waals surface area (Å²) in [4.78, 5) is 12.2. The van der Waals surface area contributed by atoms with E-state index in [-0.39, 0.29) is 11.8 Å². The lowest BCUT2D eigenvalue weighted by Gasteiger charge is -2.32. The second-order valence-electron chi connectivity index (χ2n) is 8.53. The third-order valence-electron chi connectivity index (χ3n) is 5.60. The van der Waals surface area contributed by atoms with Gasteiger partial charge in [0.15, 0.2) is 0 Å².